The Balaban J connectivity index is 1.92. The highest BCUT2D eigenvalue weighted by Crippen LogP contribution is 2.34. The summed E-state index contributed by atoms with van der Waals surface area (Å²) in [4.78, 5) is 38.3. The predicted octanol–water partition coefficient (Wildman–Crippen LogP) is 1.44. The fourth-order valence-corrected chi connectivity index (χ4v) is 3.07. The number of aliphatic hydroxyl groups excluding tert-OH is 1. The highest BCUT2D eigenvalue weighted by molar-refractivity contribution is 6.34. The number of rotatable bonds is 5. The molecule has 3 rings (SSSR count). The van der Waals surface area contributed by atoms with E-state index in [2.05, 4.69) is 15.6 Å². The Hall–Kier alpha value is -3.46. The lowest BCUT2D eigenvalue weighted by Gasteiger charge is -2.08. The van der Waals surface area contributed by atoms with Gasteiger partial charge in [-0.25, -0.2) is 9.18 Å². The van der Waals surface area contributed by atoms with Gasteiger partial charge in [-0.3, -0.25) is 9.59 Å². The van der Waals surface area contributed by atoms with E-state index in [1.165, 1.54) is 24.3 Å². The van der Waals surface area contributed by atoms with Crippen LogP contribution < -0.4 is 10.6 Å². The highest BCUT2D eigenvalue weighted by atomic mass is 19.1. The van der Waals surface area contributed by atoms with E-state index in [1.807, 2.05) is 0 Å². The largest absolute Gasteiger partial charge is 0.479 e. The molecule has 2 aromatic rings. The van der Waals surface area contributed by atoms with Gasteiger partial charge in [0.2, 0.25) is 0 Å². The van der Waals surface area contributed by atoms with Crippen molar-refractivity contribution in [2.45, 2.75) is 20.0 Å². The molecule has 0 saturated carbocycles. The topological polar surface area (TPSA) is 132 Å². The van der Waals surface area contributed by atoms with Crippen LogP contribution in [0.25, 0.3) is 11.6 Å². The molecule has 0 fully saturated rings. The highest BCUT2D eigenvalue weighted by Gasteiger charge is 2.26. The molecule has 5 N–H and O–H groups in total. The fraction of sp³-hybridized carbons (Fsp3) is 0.211. The molecule has 0 unspecified atom stereocenters. The average Bonchev–Trinajstić information content (AvgIpc) is 3.08. The maximum absolute atomic E-state index is 13.6. The molecule has 0 spiro atoms. The van der Waals surface area contributed by atoms with Crippen LogP contribution in [0.15, 0.2) is 18.2 Å². The van der Waals surface area contributed by atoms with Crippen LogP contribution in [0.3, 0.4) is 0 Å². The molecule has 1 aromatic carbocycles. The van der Waals surface area contributed by atoms with Gasteiger partial charge >= 0.3 is 5.97 Å². The SMILES string of the molecule is Cc1[nH]c(/C=C2\C(=O)Nc3ccc(F)cc32)c(C)c1C(=O)NC[C@@H](O)C(=O)O. The van der Waals surface area contributed by atoms with Gasteiger partial charge < -0.3 is 25.8 Å². The number of carboxylic acids is 1. The number of carbonyl (C=O) groups excluding carboxylic acids is 2. The quantitative estimate of drug-likeness (QED) is 0.496. The third-order valence-corrected chi connectivity index (χ3v) is 4.50. The first-order valence-corrected chi connectivity index (χ1v) is 8.40. The molecule has 0 aliphatic carbocycles. The van der Waals surface area contributed by atoms with E-state index >= 15 is 0 Å². The number of aliphatic carboxylic acids is 1. The second-order valence-corrected chi connectivity index (χ2v) is 6.43. The second kappa shape index (κ2) is 7.28. The summed E-state index contributed by atoms with van der Waals surface area (Å²) in [6.07, 6.45) is -0.176. The van der Waals surface area contributed by atoms with Crippen molar-refractivity contribution in [3.8, 4) is 0 Å². The van der Waals surface area contributed by atoms with Crippen molar-refractivity contribution < 1.29 is 29.0 Å². The van der Waals surface area contributed by atoms with E-state index in [-0.39, 0.29) is 17.0 Å². The Morgan fingerprint density at radius 1 is 1.32 bits per heavy atom. The van der Waals surface area contributed by atoms with E-state index in [0.29, 0.717) is 28.2 Å². The first kappa shape index (κ1) is 19.3. The third kappa shape index (κ3) is 3.52. The molecule has 146 valence electrons. The molecule has 28 heavy (non-hydrogen) atoms. The lowest BCUT2D eigenvalue weighted by molar-refractivity contribution is -0.146. The molecule has 1 aromatic heterocycles. The molecule has 2 amide bonds. The number of aryl methyl sites for hydroxylation is 1. The summed E-state index contributed by atoms with van der Waals surface area (Å²) in [5.74, 6) is -2.86. The number of carbonyl (C=O) groups is 3. The first-order chi connectivity index (χ1) is 13.2. The Bertz CT molecular complexity index is 1020. The van der Waals surface area contributed by atoms with Gasteiger partial charge in [0.1, 0.15) is 5.82 Å². The molecular formula is C19H18FN3O5. The number of halogens is 1. The van der Waals surface area contributed by atoms with Crippen molar-refractivity contribution in [2.75, 3.05) is 11.9 Å². The molecule has 2 heterocycles. The second-order valence-electron chi connectivity index (χ2n) is 6.43. The van der Waals surface area contributed by atoms with E-state index < -0.39 is 30.3 Å². The molecule has 0 bridgehead atoms. The van der Waals surface area contributed by atoms with Gasteiger partial charge in [-0.05, 0) is 43.7 Å². The summed E-state index contributed by atoms with van der Waals surface area (Å²) >= 11 is 0. The number of aromatic nitrogens is 1. The summed E-state index contributed by atoms with van der Waals surface area (Å²) in [6, 6.07) is 3.98. The van der Waals surface area contributed by atoms with Gasteiger partial charge in [-0.1, -0.05) is 0 Å². The number of H-pyrrole nitrogens is 1. The van der Waals surface area contributed by atoms with Crippen molar-refractivity contribution in [3.05, 3.63) is 52.1 Å². The van der Waals surface area contributed by atoms with Crippen molar-refractivity contribution in [2.24, 2.45) is 0 Å². The minimum absolute atomic E-state index is 0.257. The number of anilines is 1. The molecule has 1 atom stereocenters. The Morgan fingerprint density at radius 3 is 2.71 bits per heavy atom. The Kier molecular flexibility index (Phi) is 5.02. The maximum atomic E-state index is 13.6. The maximum Gasteiger partial charge on any atom is 0.334 e. The summed E-state index contributed by atoms with van der Waals surface area (Å²) < 4.78 is 13.6. The zero-order chi connectivity index (χ0) is 20.6. The summed E-state index contributed by atoms with van der Waals surface area (Å²) in [5.41, 5.74) is 2.99. The lowest BCUT2D eigenvalue weighted by Crippen LogP contribution is -2.36. The summed E-state index contributed by atoms with van der Waals surface area (Å²) in [6.45, 7) is 2.88. The summed E-state index contributed by atoms with van der Waals surface area (Å²) in [5, 5.41) is 23.0. The number of carboxylic acid groups (broad SMARTS) is 1. The minimum atomic E-state index is -1.71. The zero-order valence-corrected chi connectivity index (χ0v) is 15.1. The minimum Gasteiger partial charge on any atom is -0.479 e. The van der Waals surface area contributed by atoms with Gasteiger partial charge in [0.25, 0.3) is 11.8 Å². The number of hydrogen-bond acceptors (Lipinski definition) is 4. The van der Waals surface area contributed by atoms with Gasteiger partial charge in [0.15, 0.2) is 6.10 Å². The Labute approximate surface area is 159 Å². The Morgan fingerprint density at radius 2 is 2.04 bits per heavy atom. The van der Waals surface area contributed by atoms with E-state index in [9.17, 15) is 23.9 Å². The van der Waals surface area contributed by atoms with Crippen LogP contribution >= 0.6 is 0 Å². The molecule has 9 heteroatoms. The van der Waals surface area contributed by atoms with Crippen molar-refractivity contribution in [3.63, 3.8) is 0 Å². The van der Waals surface area contributed by atoms with E-state index in [1.54, 1.807) is 13.8 Å². The fourth-order valence-electron chi connectivity index (χ4n) is 3.07. The van der Waals surface area contributed by atoms with Crippen molar-refractivity contribution in [1.29, 1.82) is 0 Å². The predicted molar refractivity (Wildman–Crippen MR) is 99.1 cm³/mol. The van der Waals surface area contributed by atoms with Gasteiger partial charge in [0, 0.05) is 22.6 Å². The number of hydrogen-bond donors (Lipinski definition) is 5. The first-order valence-electron chi connectivity index (χ1n) is 8.40. The summed E-state index contributed by atoms with van der Waals surface area (Å²) in [7, 11) is 0. The van der Waals surface area contributed by atoms with Crippen LogP contribution in [0.4, 0.5) is 10.1 Å². The number of aromatic amines is 1. The monoisotopic (exact) mass is 387 g/mol. The van der Waals surface area contributed by atoms with E-state index in [0.717, 1.165) is 0 Å². The number of nitrogens with one attached hydrogen (secondary N) is 3. The standard InChI is InChI=1S/C19H18FN3O5/c1-8-14(6-12-11-5-10(20)3-4-13(11)23-17(12)25)22-9(2)16(8)18(26)21-7-15(24)19(27)28/h3-6,15,22,24H,7H2,1-2H3,(H,21,26)(H,23,25)(H,27,28)/b12-6-/t15-/m1/s1. The zero-order valence-electron chi connectivity index (χ0n) is 15.1. The molecule has 0 radical (unpaired) electrons. The van der Waals surface area contributed by atoms with Crippen LogP contribution in [0, 0.1) is 19.7 Å². The number of benzene rings is 1. The van der Waals surface area contributed by atoms with Crippen molar-refractivity contribution >= 4 is 35.1 Å². The molecular weight excluding hydrogens is 369 g/mol. The van der Waals surface area contributed by atoms with Gasteiger partial charge in [-0.15, -0.1) is 0 Å². The van der Waals surface area contributed by atoms with Crippen LogP contribution in [0.1, 0.15) is 32.9 Å². The van der Waals surface area contributed by atoms with Gasteiger partial charge in [0.05, 0.1) is 17.7 Å². The third-order valence-electron chi connectivity index (χ3n) is 4.50. The van der Waals surface area contributed by atoms with Gasteiger partial charge in [-0.2, -0.15) is 0 Å². The van der Waals surface area contributed by atoms with Crippen LogP contribution in [0.2, 0.25) is 0 Å². The van der Waals surface area contributed by atoms with Crippen molar-refractivity contribution in [1.82, 2.24) is 10.3 Å². The molecule has 1 aliphatic heterocycles. The number of amides is 2. The van der Waals surface area contributed by atoms with Crippen LogP contribution in [-0.4, -0.2) is 45.6 Å². The molecule has 0 saturated heterocycles. The van der Waals surface area contributed by atoms with E-state index in [4.69, 9.17) is 5.11 Å². The smallest absolute Gasteiger partial charge is 0.334 e. The normalized spacial score (nSPS) is 15.3. The van der Waals surface area contributed by atoms with Crippen LogP contribution in [0.5, 0.6) is 0 Å². The molecule has 8 nitrogen and oxygen atoms in total. The average molecular weight is 387 g/mol. The lowest BCUT2D eigenvalue weighted by atomic mass is 10.0. The van der Waals surface area contributed by atoms with Crippen LogP contribution in [-0.2, 0) is 9.59 Å². The number of aliphatic hydroxyl groups is 1. The number of fused-ring (bicyclic) bond motifs is 1. The molecule has 1 aliphatic rings.